The van der Waals surface area contributed by atoms with E-state index in [1.165, 1.54) is 6.42 Å². The molecule has 112 valence electrons. The minimum absolute atomic E-state index is 0.263. The summed E-state index contributed by atoms with van der Waals surface area (Å²) in [7, 11) is 0. The van der Waals surface area contributed by atoms with E-state index in [-0.39, 0.29) is 6.79 Å². The minimum atomic E-state index is -0.522. The molecule has 2 unspecified atom stereocenters. The molecule has 0 fully saturated rings. The smallest absolute Gasteiger partial charge is 0.231 e. The summed E-state index contributed by atoms with van der Waals surface area (Å²) < 4.78 is 10.6. The van der Waals surface area contributed by atoms with Gasteiger partial charge in [-0.05, 0) is 43.4 Å². The Kier molecular flexibility index (Phi) is 5.26. The molecule has 1 aromatic rings. The third-order valence-corrected chi connectivity index (χ3v) is 3.62. The topological polar surface area (TPSA) is 50.7 Å². The van der Waals surface area contributed by atoms with Gasteiger partial charge in [-0.15, -0.1) is 0 Å². The van der Waals surface area contributed by atoms with Gasteiger partial charge in [0, 0.05) is 12.6 Å². The molecule has 0 bridgehead atoms. The number of nitrogens with one attached hydrogen (secondary N) is 1. The Hall–Kier alpha value is -1.26. The van der Waals surface area contributed by atoms with Crippen molar-refractivity contribution in [3.8, 4) is 11.5 Å². The highest BCUT2D eigenvalue weighted by molar-refractivity contribution is 5.45. The first-order valence-electron chi connectivity index (χ1n) is 7.37. The number of aliphatic hydroxyl groups excluding tert-OH is 1. The molecular formula is C16H25NO3. The van der Waals surface area contributed by atoms with E-state index in [0.717, 1.165) is 29.4 Å². The van der Waals surface area contributed by atoms with Gasteiger partial charge in [0.05, 0.1) is 6.10 Å². The molecule has 2 N–H and O–H groups in total. The zero-order valence-corrected chi connectivity index (χ0v) is 12.6. The molecule has 2 rings (SSSR count). The second kappa shape index (κ2) is 6.95. The third kappa shape index (κ3) is 4.12. The van der Waals surface area contributed by atoms with Crippen molar-refractivity contribution in [3.05, 3.63) is 23.8 Å². The monoisotopic (exact) mass is 279 g/mol. The zero-order valence-electron chi connectivity index (χ0n) is 12.6. The highest BCUT2D eigenvalue weighted by atomic mass is 16.7. The van der Waals surface area contributed by atoms with Crippen molar-refractivity contribution in [3.63, 3.8) is 0 Å². The SMILES string of the molecule is CC(C)CCC(C)NCC(O)c1ccc2c(c1)OCO2. The maximum Gasteiger partial charge on any atom is 0.231 e. The van der Waals surface area contributed by atoms with Crippen LogP contribution in [-0.2, 0) is 0 Å². The molecule has 1 aliphatic rings. The van der Waals surface area contributed by atoms with Crippen LogP contribution >= 0.6 is 0 Å². The van der Waals surface area contributed by atoms with Gasteiger partial charge in [-0.25, -0.2) is 0 Å². The fourth-order valence-electron chi connectivity index (χ4n) is 2.24. The van der Waals surface area contributed by atoms with E-state index < -0.39 is 6.10 Å². The number of rotatable bonds is 7. The van der Waals surface area contributed by atoms with E-state index in [4.69, 9.17) is 9.47 Å². The van der Waals surface area contributed by atoms with Crippen LogP contribution in [0.15, 0.2) is 18.2 Å². The predicted octanol–water partition coefficient (Wildman–Crippen LogP) is 2.86. The molecule has 0 saturated carbocycles. The molecule has 1 aromatic carbocycles. The summed E-state index contributed by atoms with van der Waals surface area (Å²) in [6, 6.07) is 6.01. The lowest BCUT2D eigenvalue weighted by Crippen LogP contribution is -2.30. The molecule has 0 aromatic heterocycles. The van der Waals surface area contributed by atoms with Gasteiger partial charge < -0.3 is 19.9 Å². The fraction of sp³-hybridized carbons (Fsp3) is 0.625. The van der Waals surface area contributed by atoms with Gasteiger partial charge in [0.15, 0.2) is 11.5 Å². The summed E-state index contributed by atoms with van der Waals surface area (Å²) in [5.41, 5.74) is 0.859. The first-order valence-corrected chi connectivity index (χ1v) is 7.37. The van der Waals surface area contributed by atoms with Crippen molar-refractivity contribution in [2.24, 2.45) is 5.92 Å². The lowest BCUT2D eigenvalue weighted by atomic mass is 10.0. The molecule has 4 nitrogen and oxygen atoms in total. The highest BCUT2D eigenvalue weighted by Crippen LogP contribution is 2.34. The summed E-state index contributed by atoms with van der Waals surface area (Å²) in [6.07, 6.45) is 1.81. The molecule has 0 aliphatic carbocycles. The summed E-state index contributed by atoms with van der Waals surface area (Å²) >= 11 is 0. The van der Waals surface area contributed by atoms with Crippen molar-refractivity contribution in [1.82, 2.24) is 5.32 Å². The maximum absolute atomic E-state index is 10.2. The Bertz CT molecular complexity index is 434. The lowest BCUT2D eigenvalue weighted by Gasteiger charge is -2.18. The quantitative estimate of drug-likeness (QED) is 0.806. The van der Waals surface area contributed by atoms with Crippen LogP contribution in [0.3, 0.4) is 0 Å². The van der Waals surface area contributed by atoms with E-state index in [2.05, 4.69) is 26.1 Å². The molecule has 4 heteroatoms. The summed E-state index contributed by atoms with van der Waals surface area (Å²) in [4.78, 5) is 0. The molecule has 0 radical (unpaired) electrons. The van der Waals surface area contributed by atoms with Crippen molar-refractivity contribution in [2.75, 3.05) is 13.3 Å². The van der Waals surface area contributed by atoms with Gasteiger partial charge in [-0.1, -0.05) is 19.9 Å². The second-order valence-electron chi connectivity index (χ2n) is 5.91. The maximum atomic E-state index is 10.2. The molecule has 0 spiro atoms. The van der Waals surface area contributed by atoms with Crippen LogP contribution in [0.4, 0.5) is 0 Å². The van der Waals surface area contributed by atoms with Gasteiger partial charge in [0.25, 0.3) is 0 Å². The normalized spacial score (nSPS) is 16.4. The van der Waals surface area contributed by atoms with Gasteiger partial charge in [0.1, 0.15) is 0 Å². The molecule has 2 atom stereocenters. The third-order valence-electron chi connectivity index (χ3n) is 3.62. The van der Waals surface area contributed by atoms with Crippen LogP contribution in [0.1, 0.15) is 45.3 Å². The van der Waals surface area contributed by atoms with Crippen molar-refractivity contribution >= 4 is 0 Å². The molecule has 0 amide bonds. The van der Waals surface area contributed by atoms with Crippen molar-refractivity contribution in [2.45, 2.75) is 45.8 Å². The van der Waals surface area contributed by atoms with Crippen LogP contribution < -0.4 is 14.8 Å². The van der Waals surface area contributed by atoms with Crippen LogP contribution in [0.25, 0.3) is 0 Å². The van der Waals surface area contributed by atoms with E-state index in [1.807, 2.05) is 18.2 Å². The van der Waals surface area contributed by atoms with Gasteiger partial charge in [0.2, 0.25) is 6.79 Å². The van der Waals surface area contributed by atoms with Crippen LogP contribution in [0.2, 0.25) is 0 Å². The minimum Gasteiger partial charge on any atom is -0.454 e. The number of aliphatic hydroxyl groups is 1. The van der Waals surface area contributed by atoms with Crippen molar-refractivity contribution in [1.29, 1.82) is 0 Å². The summed E-state index contributed by atoms with van der Waals surface area (Å²) in [5, 5.41) is 13.6. The number of fused-ring (bicyclic) bond motifs is 1. The number of hydrogen-bond donors (Lipinski definition) is 2. The Morgan fingerprint density at radius 3 is 2.65 bits per heavy atom. The average molecular weight is 279 g/mol. The first-order chi connectivity index (χ1) is 9.56. The fourth-order valence-corrected chi connectivity index (χ4v) is 2.24. The zero-order chi connectivity index (χ0) is 14.5. The summed E-state index contributed by atoms with van der Waals surface area (Å²) in [6.45, 7) is 7.44. The second-order valence-corrected chi connectivity index (χ2v) is 5.91. The van der Waals surface area contributed by atoms with E-state index in [9.17, 15) is 5.11 Å². The van der Waals surface area contributed by atoms with Gasteiger partial charge in [-0.3, -0.25) is 0 Å². The number of benzene rings is 1. The summed E-state index contributed by atoms with van der Waals surface area (Å²) in [5.74, 6) is 2.19. The predicted molar refractivity (Wildman–Crippen MR) is 79.1 cm³/mol. The van der Waals surface area contributed by atoms with Crippen molar-refractivity contribution < 1.29 is 14.6 Å². The Labute approximate surface area is 121 Å². The van der Waals surface area contributed by atoms with Gasteiger partial charge >= 0.3 is 0 Å². The molecule has 0 saturated heterocycles. The van der Waals surface area contributed by atoms with Crippen LogP contribution in [0, 0.1) is 5.92 Å². The van der Waals surface area contributed by atoms with E-state index >= 15 is 0 Å². The van der Waals surface area contributed by atoms with Crippen LogP contribution in [-0.4, -0.2) is 24.5 Å². The first kappa shape index (κ1) is 15.1. The Balaban J connectivity index is 1.81. The molecule has 1 heterocycles. The standard InChI is InChI=1S/C16H25NO3/c1-11(2)4-5-12(3)17-9-14(18)13-6-7-15-16(8-13)20-10-19-15/h6-8,11-12,14,17-18H,4-5,9-10H2,1-3H3. The number of hydrogen-bond acceptors (Lipinski definition) is 4. The Morgan fingerprint density at radius 1 is 1.15 bits per heavy atom. The molecule has 1 aliphatic heterocycles. The van der Waals surface area contributed by atoms with Gasteiger partial charge in [-0.2, -0.15) is 0 Å². The molecule has 20 heavy (non-hydrogen) atoms. The lowest BCUT2D eigenvalue weighted by molar-refractivity contribution is 0.167. The van der Waals surface area contributed by atoms with E-state index in [1.54, 1.807) is 0 Å². The number of ether oxygens (including phenoxy) is 2. The van der Waals surface area contributed by atoms with E-state index in [0.29, 0.717) is 12.6 Å². The Morgan fingerprint density at radius 2 is 1.90 bits per heavy atom. The highest BCUT2D eigenvalue weighted by Gasteiger charge is 2.17. The molecular weight excluding hydrogens is 254 g/mol. The van der Waals surface area contributed by atoms with Crippen LogP contribution in [0.5, 0.6) is 11.5 Å². The average Bonchev–Trinajstić information content (AvgIpc) is 2.89. The largest absolute Gasteiger partial charge is 0.454 e.